The minimum Gasteiger partial charge on any atom is -0.482 e. The Kier molecular flexibility index (Phi) is 6.22. The van der Waals surface area contributed by atoms with Crippen LogP contribution in [0, 0.1) is 0 Å². The summed E-state index contributed by atoms with van der Waals surface area (Å²) in [5.41, 5.74) is 1.57. The number of nitrogens with one attached hydrogen (secondary N) is 1. The summed E-state index contributed by atoms with van der Waals surface area (Å²) in [4.78, 5) is 32.2. The number of ether oxygens (including phenoxy) is 1. The van der Waals surface area contributed by atoms with Crippen LogP contribution in [0.15, 0.2) is 48.5 Å². The standard InChI is InChI=1S/C21H17Cl2N3O3S/c22-14-6-7-15(23)17(10-14)29-12-19(27)25-21-24-16-8-9-26(11-18(16)30-21)20(28)13-4-2-1-3-5-13/h1-7,10H,8-9,11-12H2,(H,24,25,27). The molecule has 154 valence electrons. The van der Waals surface area contributed by atoms with Crippen molar-refractivity contribution in [1.82, 2.24) is 9.88 Å². The summed E-state index contributed by atoms with van der Waals surface area (Å²) in [6, 6.07) is 14.0. The van der Waals surface area contributed by atoms with E-state index in [1.165, 1.54) is 11.3 Å². The van der Waals surface area contributed by atoms with E-state index in [0.29, 0.717) is 46.0 Å². The highest BCUT2D eigenvalue weighted by Crippen LogP contribution is 2.30. The van der Waals surface area contributed by atoms with Crippen molar-refractivity contribution in [3.8, 4) is 5.75 Å². The van der Waals surface area contributed by atoms with Gasteiger partial charge < -0.3 is 9.64 Å². The molecule has 1 aromatic heterocycles. The van der Waals surface area contributed by atoms with Crippen LogP contribution in [-0.4, -0.2) is 34.8 Å². The van der Waals surface area contributed by atoms with E-state index in [1.807, 2.05) is 30.3 Å². The van der Waals surface area contributed by atoms with Crippen molar-refractivity contribution in [2.24, 2.45) is 0 Å². The van der Waals surface area contributed by atoms with Crippen LogP contribution in [0.25, 0.3) is 0 Å². The van der Waals surface area contributed by atoms with Gasteiger partial charge >= 0.3 is 0 Å². The molecule has 3 aromatic rings. The van der Waals surface area contributed by atoms with E-state index in [2.05, 4.69) is 10.3 Å². The maximum Gasteiger partial charge on any atom is 0.264 e. The van der Waals surface area contributed by atoms with E-state index in [-0.39, 0.29) is 18.4 Å². The van der Waals surface area contributed by atoms with Gasteiger partial charge in [0.15, 0.2) is 11.7 Å². The fourth-order valence-electron chi connectivity index (χ4n) is 3.07. The summed E-state index contributed by atoms with van der Waals surface area (Å²) >= 11 is 13.3. The predicted molar refractivity (Wildman–Crippen MR) is 118 cm³/mol. The van der Waals surface area contributed by atoms with Crippen LogP contribution in [0.2, 0.25) is 10.0 Å². The Bertz CT molecular complexity index is 1090. The Labute approximate surface area is 187 Å². The van der Waals surface area contributed by atoms with Crippen LogP contribution < -0.4 is 10.1 Å². The average Bonchev–Trinajstić information content (AvgIpc) is 3.15. The molecule has 0 spiro atoms. The van der Waals surface area contributed by atoms with Gasteiger partial charge in [-0.1, -0.05) is 52.7 Å². The molecule has 1 aliphatic rings. The lowest BCUT2D eigenvalue weighted by Gasteiger charge is -2.26. The molecule has 1 N–H and O–H groups in total. The first-order valence-corrected chi connectivity index (χ1v) is 10.8. The fraction of sp³-hybridized carbons (Fsp3) is 0.190. The Morgan fingerprint density at radius 3 is 2.77 bits per heavy atom. The Hall–Kier alpha value is -2.61. The minimum absolute atomic E-state index is 0.00737. The lowest BCUT2D eigenvalue weighted by Crippen LogP contribution is -2.35. The highest BCUT2D eigenvalue weighted by molar-refractivity contribution is 7.15. The monoisotopic (exact) mass is 461 g/mol. The number of thiazole rings is 1. The number of fused-ring (bicyclic) bond motifs is 1. The first-order chi connectivity index (χ1) is 14.5. The van der Waals surface area contributed by atoms with Crippen LogP contribution in [-0.2, 0) is 17.8 Å². The number of hydrogen-bond acceptors (Lipinski definition) is 5. The van der Waals surface area contributed by atoms with E-state index in [9.17, 15) is 9.59 Å². The zero-order chi connectivity index (χ0) is 21.1. The lowest BCUT2D eigenvalue weighted by molar-refractivity contribution is -0.118. The van der Waals surface area contributed by atoms with Crippen molar-refractivity contribution in [2.75, 3.05) is 18.5 Å². The van der Waals surface area contributed by atoms with Gasteiger partial charge in [-0.15, -0.1) is 0 Å². The molecule has 0 bridgehead atoms. The van der Waals surface area contributed by atoms with Gasteiger partial charge in [0.25, 0.3) is 11.8 Å². The van der Waals surface area contributed by atoms with Crippen LogP contribution in [0.1, 0.15) is 20.9 Å². The normalized spacial score (nSPS) is 12.9. The maximum absolute atomic E-state index is 12.7. The summed E-state index contributed by atoms with van der Waals surface area (Å²) in [5, 5.41) is 4.07. The number of halogens is 2. The van der Waals surface area contributed by atoms with E-state index in [0.717, 1.165) is 10.6 Å². The molecule has 6 nitrogen and oxygen atoms in total. The SMILES string of the molecule is O=C(COc1cc(Cl)ccc1Cl)Nc1nc2c(s1)CN(C(=O)c1ccccc1)CC2. The number of hydrogen-bond donors (Lipinski definition) is 1. The molecule has 30 heavy (non-hydrogen) atoms. The zero-order valence-electron chi connectivity index (χ0n) is 15.7. The van der Waals surface area contributed by atoms with Gasteiger partial charge in [-0.25, -0.2) is 4.98 Å². The van der Waals surface area contributed by atoms with E-state index >= 15 is 0 Å². The average molecular weight is 462 g/mol. The topological polar surface area (TPSA) is 71.5 Å². The molecular weight excluding hydrogens is 445 g/mol. The molecule has 0 saturated heterocycles. The van der Waals surface area contributed by atoms with Crippen LogP contribution in [0.3, 0.4) is 0 Å². The second kappa shape index (κ2) is 9.04. The molecule has 0 saturated carbocycles. The van der Waals surface area contributed by atoms with Crippen molar-refractivity contribution in [3.63, 3.8) is 0 Å². The number of benzene rings is 2. The molecule has 4 rings (SSSR count). The first kappa shape index (κ1) is 20.7. The molecule has 2 heterocycles. The van der Waals surface area contributed by atoms with Crippen LogP contribution in [0.4, 0.5) is 5.13 Å². The molecule has 0 unspecified atom stereocenters. The molecule has 1 aliphatic heterocycles. The number of carbonyl (C=O) groups is 2. The molecule has 0 fully saturated rings. The molecule has 0 radical (unpaired) electrons. The summed E-state index contributed by atoms with van der Waals surface area (Å²) in [6.45, 7) is 0.850. The van der Waals surface area contributed by atoms with Crippen molar-refractivity contribution < 1.29 is 14.3 Å². The predicted octanol–water partition coefficient (Wildman–Crippen LogP) is 4.67. The summed E-state index contributed by atoms with van der Waals surface area (Å²) in [6.07, 6.45) is 0.648. The van der Waals surface area contributed by atoms with Crippen LogP contribution >= 0.6 is 34.5 Å². The molecule has 0 atom stereocenters. The molecule has 2 aromatic carbocycles. The second-order valence-electron chi connectivity index (χ2n) is 6.64. The largest absolute Gasteiger partial charge is 0.482 e. The summed E-state index contributed by atoms with van der Waals surface area (Å²) in [7, 11) is 0. The van der Waals surface area contributed by atoms with Gasteiger partial charge in [0.05, 0.1) is 17.3 Å². The smallest absolute Gasteiger partial charge is 0.264 e. The van der Waals surface area contributed by atoms with Gasteiger partial charge in [-0.05, 0) is 24.3 Å². The Morgan fingerprint density at radius 2 is 1.97 bits per heavy atom. The second-order valence-corrected chi connectivity index (χ2v) is 8.57. The van der Waals surface area contributed by atoms with Crippen molar-refractivity contribution in [2.45, 2.75) is 13.0 Å². The van der Waals surface area contributed by atoms with Crippen molar-refractivity contribution in [1.29, 1.82) is 0 Å². The highest BCUT2D eigenvalue weighted by Gasteiger charge is 2.25. The number of nitrogens with zero attached hydrogens (tertiary/aromatic N) is 2. The van der Waals surface area contributed by atoms with E-state index in [1.54, 1.807) is 23.1 Å². The van der Waals surface area contributed by atoms with Crippen molar-refractivity contribution >= 4 is 51.5 Å². The number of rotatable bonds is 5. The first-order valence-electron chi connectivity index (χ1n) is 9.20. The Morgan fingerprint density at radius 1 is 1.17 bits per heavy atom. The highest BCUT2D eigenvalue weighted by atomic mass is 35.5. The number of aromatic nitrogens is 1. The van der Waals surface area contributed by atoms with Gasteiger partial charge in [0, 0.05) is 34.5 Å². The third kappa shape index (κ3) is 4.75. The molecule has 2 amide bonds. The van der Waals surface area contributed by atoms with Gasteiger partial charge in [-0.3, -0.25) is 14.9 Å². The number of amides is 2. The third-order valence-electron chi connectivity index (χ3n) is 4.54. The molecule has 9 heteroatoms. The summed E-state index contributed by atoms with van der Waals surface area (Å²) in [5.74, 6) is -0.0193. The maximum atomic E-state index is 12.7. The summed E-state index contributed by atoms with van der Waals surface area (Å²) < 4.78 is 5.45. The third-order valence-corrected chi connectivity index (χ3v) is 6.08. The number of carbonyl (C=O) groups excluding carboxylic acids is 2. The van der Waals surface area contributed by atoms with Gasteiger partial charge in [0.2, 0.25) is 0 Å². The van der Waals surface area contributed by atoms with Gasteiger partial charge in [-0.2, -0.15) is 0 Å². The molecular formula is C21H17Cl2N3O3S. The number of anilines is 1. The van der Waals surface area contributed by atoms with Crippen LogP contribution in [0.5, 0.6) is 5.75 Å². The van der Waals surface area contributed by atoms with E-state index in [4.69, 9.17) is 27.9 Å². The van der Waals surface area contributed by atoms with Crippen molar-refractivity contribution in [3.05, 3.63) is 74.7 Å². The quantitative estimate of drug-likeness (QED) is 0.599. The zero-order valence-corrected chi connectivity index (χ0v) is 18.1. The van der Waals surface area contributed by atoms with Gasteiger partial charge in [0.1, 0.15) is 5.75 Å². The lowest BCUT2D eigenvalue weighted by atomic mass is 10.1. The minimum atomic E-state index is -0.352. The van der Waals surface area contributed by atoms with E-state index < -0.39 is 0 Å². The molecule has 0 aliphatic carbocycles. The fourth-order valence-corrected chi connectivity index (χ4v) is 4.45. The Balaban J connectivity index is 1.36.